The van der Waals surface area contributed by atoms with Crippen LogP contribution in [0.15, 0.2) is 18.2 Å². The van der Waals surface area contributed by atoms with Gasteiger partial charge in [-0.2, -0.15) is 0 Å². The third-order valence-corrected chi connectivity index (χ3v) is 4.26. The average Bonchev–Trinajstić information content (AvgIpc) is 2.46. The number of carbonyl (C=O) groups is 1. The van der Waals surface area contributed by atoms with Crippen molar-refractivity contribution in [3.05, 3.63) is 23.8 Å². The number of hydrogen-bond donors (Lipinski definition) is 1. The highest BCUT2D eigenvalue weighted by Crippen LogP contribution is 2.28. The van der Waals surface area contributed by atoms with Gasteiger partial charge < -0.3 is 14.7 Å². The van der Waals surface area contributed by atoms with Crippen molar-refractivity contribution < 1.29 is 14.6 Å². The molecule has 1 N–H and O–H groups in total. The van der Waals surface area contributed by atoms with Gasteiger partial charge in [0.05, 0.1) is 7.11 Å². The summed E-state index contributed by atoms with van der Waals surface area (Å²) < 4.78 is 4.98. The number of carbonyl (C=O) groups excluding carboxylic acids is 1. The molecule has 0 saturated carbocycles. The number of nitrogens with zero attached hydrogens (tertiary/aromatic N) is 1. The number of alkyl halides is 1. The van der Waals surface area contributed by atoms with Crippen LogP contribution in [0.25, 0.3) is 0 Å². The van der Waals surface area contributed by atoms with E-state index in [9.17, 15) is 9.90 Å². The zero-order valence-corrected chi connectivity index (χ0v) is 12.6. The Bertz CT molecular complexity index is 482. The van der Waals surface area contributed by atoms with E-state index >= 15 is 0 Å². The molecule has 20 heavy (non-hydrogen) atoms. The first kappa shape index (κ1) is 15.0. The number of hydrogen-bond acceptors (Lipinski definition) is 3. The van der Waals surface area contributed by atoms with E-state index in [1.165, 1.54) is 13.2 Å². The topological polar surface area (TPSA) is 49.8 Å². The predicted molar refractivity (Wildman–Crippen MR) is 78.6 cm³/mol. The lowest BCUT2D eigenvalue weighted by Gasteiger charge is -2.33. The summed E-state index contributed by atoms with van der Waals surface area (Å²) in [7, 11) is 1.48. The number of ether oxygens (including phenoxy) is 1. The van der Waals surface area contributed by atoms with Crippen LogP contribution in [0.4, 0.5) is 0 Å². The van der Waals surface area contributed by atoms with E-state index in [1.54, 1.807) is 12.1 Å². The lowest BCUT2D eigenvalue weighted by Crippen LogP contribution is -2.40. The summed E-state index contributed by atoms with van der Waals surface area (Å²) in [6, 6.07) is 4.74. The van der Waals surface area contributed by atoms with E-state index in [-0.39, 0.29) is 17.0 Å². The van der Waals surface area contributed by atoms with E-state index in [0.29, 0.717) is 30.3 Å². The first-order chi connectivity index (χ1) is 9.52. The van der Waals surface area contributed by atoms with Crippen LogP contribution < -0.4 is 4.74 Å². The first-order valence-electron chi connectivity index (χ1n) is 6.83. The van der Waals surface area contributed by atoms with Crippen molar-refractivity contribution in [3.8, 4) is 11.5 Å². The molecule has 1 amide bonds. The van der Waals surface area contributed by atoms with E-state index in [2.05, 4.69) is 0 Å². The van der Waals surface area contributed by atoms with E-state index in [4.69, 9.17) is 16.3 Å². The van der Waals surface area contributed by atoms with Crippen LogP contribution in [-0.2, 0) is 0 Å². The van der Waals surface area contributed by atoms with E-state index in [0.717, 1.165) is 12.8 Å². The second-order valence-corrected chi connectivity index (χ2v) is 5.88. The molecule has 4 nitrogen and oxygen atoms in total. The van der Waals surface area contributed by atoms with Crippen molar-refractivity contribution in [3.63, 3.8) is 0 Å². The molecule has 5 heteroatoms. The van der Waals surface area contributed by atoms with Gasteiger partial charge in [-0.15, -0.1) is 11.6 Å². The molecule has 110 valence electrons. The molecule has 1 aromatic carbocycles. The molecule has 0 radical (unpaired) electrons. The molecule has 1 unspecified atom stereocenters. The Hall–Kier alpha value is -1.42. The van der Waals surface area contributed by atoms with Crippen LogP contribution in [0.1, 0.15) is 30.1 Å². The largest absolute Gasteiger partial charge is 0.504 e. The fourth-order valence-corrected chi connectivity index (χ4v) is 2.82. The maximum absolute atomic E-state index is 12.4. The Morgan fingerprint density at radius 2 is 2.10 bits per heavy atom. The van der Waals surface area contributed by atoms with Gasteiger partial charge in [-0.25, -0.2) is 0 Å². The SMILES string of the molecule is COc1ccc(C(=O)N2CCC(C(C)Cl)CC2)cc1O. The lowest BCUT2D eigenvalue weighted by molar-refractivity contribution is 0.0689. The van der Waals surface area contributed by atoms with Gasteiger partial charge in [-0.05, 0) is 43.9 Å². The Morgan fingerprint density at radius 3 is 2.60 bits per heavy atom. The molecule has 1 aliphatic rings. The lowest BCUT2D eigenvalue weighted by atomic mass is 9.93. The quantitative estimate of drug-likeness (QED) is 0.873. The number of piperidine rings is 1. The molecule has 1 saturated heterocycles. The second kappa shape index (κ2) is 6.35. The fraction of sp³-hybridized carbons (Fsp3) is 0.533. The maximum atomic E-state index is 12.4. The molecule has 1 fully saturated rings. The van der Waals surface area contributed by atoms with Crippen molar-refractivity contribution in [2.75, 3.05) is 20.2 Å². The van der Waals surface area contributed by atoms with Gasteiger partial charge in [-0.1, -0.05) is 0 Å². The van der Waals surface area contributed by atoms with Gasteiger partial charge >= 0.3 is 0 Å². The summed E-state index contributed by atoms with van der Waals surface area (Å²) in [5.74, 6) is 0.785. The van der Waals surface area contributed by atoms with Gasteiger partial charge in [0, 0.05) is 24.0 Å². The van der Waals surface area contributed by atoms with Gasteiger partial charge in [0.25, 0.3) is 5.91 Å². The third kappa shape index (κ3) is 3.18. The molecule has 0 aliphatic carbocycles. The molecule has 0 aromatic heterocycles. The Morgan fingerprint density at radius 1 is 1.45 bits per heavy atom. The van der Waals surface area contributed by atoms with Crippen LogP contribution in [0.2, 0.25) is 0 Å². The zero-order chi connectivity index (χ0) is 14.7. The molecule has 0 bridgehead atoms. The Balaban J connectivity index is 2.04. The normalized spacial score (nSPS) is 17.9. The molecular weight excluding hydrogens is 278 g/mol. The summed E-state index contributed by atoms with van der Waals surface area (Å²) in [5.41, 5.74) is 0.487. The monoisotopic (exact) mass is 297 g/mol. The standard InChI is InChI=1S/C15H20ClNO3/c1-10(16)11-5-7-17(8-6-11)15(19)12-3-4-14(20-2)13(18)9-12/h3-4,9-11,18H,5-8H2,1-2H3. The van der Waals surface area contributed by atoms with Gasteiger partial charge in [0.15, 0.2) is 11.5 Å². The molecule has 1 aromatic rings. The second-order valence-electron chi connectivity index (χ2n) is 5.19. The smallest absolute Gasteiger partial charge is 0.253 e. The van der Waals surface area contributed by atoms with Crippen molar-refractivity contribution >= 4 is 17.5 Å². The number of rotatable bonds is 3. The Kier molecular flexibility index (Phi) is 4.76. The fourth-order valence-electron chi connectivity index (χ4n) is 2.57. The zero-order valence-electron chi connectivity index (χ0n) is 11.8. The highest BCUT2D eigenvalue weighted by Gasteiger charge is 2.26. The minimum Gasteiger partial charge on any atom is -0.504 e. The van der Waals surface area contributed by atoms with Crippen molar-refractivity contribution in [1.29, 1.82) is 0 Å². The first-order valence-corrected chi connectivity index (χ1v) is 7.27. The molecule has 1 atom stereocenters. The van der Waals surface area contributed by atoms with Gasteiger partial charge in [-0.3, -0.25) is 4.79 Å². The number of phenolic OH excluding ortho intramolecular Hbond substituents is 1. The van der Waals surface area contributed by atoms with Gasteiger partial charge in [0.1, 0.15) is 0 Å². The summed E-state index contributed by atoms with van der Waals surface area (Å²) in [4.78, 5) is 14.2. The summed E-state index contributed by atoms with van der Waals surface area (Å²) in [6.45, 7) is 3.44. The predicted octanol–water partition coefficient (Wildman–Crippen LogP) is 2.88. The van der Waals surface area contributed by atoms with Crippen molar-refractivity contribution in [2.24, 2.45) is 5.92 Å². The van der Waals surface area contributed by atoms with E-state index in [1.807, 2.05) is 11.8 Å². The molecule has 0 spiro atoms. The molecule has 2 rings (SSSR count). The number of methoxy groups -OCH3 is 1. The molecule has 1 heterocycles. The highest BCUT2D eigenvalue weighted by atomic mass is 35.5. The maximum Gasteiger partial charge on any atom is 0.253 e. The minimum absolute atomic E-state index is 0.0115. The average molecular weight is 298 g/mol. The summed E-state index contributed by atoms with van der Waals surface area (Å²) in [5, 5.41) is 9.89. The van der Waals surface area contributed by atoms with Crippen LogP contribution in [-0.4, -0.2) is 41.5 Å². The summed E-state index contributed by atoms with van der Waals surface area (Å²) in [6.07, 6.45) is 1.86. The molecule has 1 aliphatic heterocycles. The molecular formula is C15H20ClNO3. The van der Waals surface area contributed by atoms with Crippen LogP contribution >= 0.6 is 11.6 Å². The third-order valence-electron chi connectivity index (χ3n) is 3.90. The number of benzene rings is 1. The van der Waals surface area contributed by atoms with Crippen LogP contribution in [0.5, 0.6) is 11.5 Å². The number of amides is 1. The number of halogens is 1. The highest BCUT2D eigenvalue weighted by molar-refractivity contribution is 6.20. The van der Waals surface area contributed by atoms with Crippen LogP contribution in [0.3, 0.4) is 0 Å². The van der Waals surface area contributed by atoms with Crippen molar-refractivity contribution in [1.82, 2.24) is 4.90 Å². The van der Waals surface area contributed by atoms with Gasteiger partial charge in [0.2, 0.25) is 0 Å². The minimum atomic E-state index is -0.0522. The Labute approximate surface area is 124 Å². The number of aromatic hydroxyl groups is 1. The number of phenols is 1. The number of likely N-dealkylation sites (tertiary alicyclic amines) is 1. The summed E-state index contributed by atoms with van der Waals surface area (Å²) >= 11 is 6.10. The van der Waals surface area contributed by atoms with E-state index < -0.39 is 0 Å². The van der Waals surface area contributed by atoms with Crippen LogP contribution in [0, 0.1) is 5.92 Å². The van der Waals surface area contributed by atoms with Crippen molar-refractivity contribution in [2.45, 2.75) is 25.1 Å².